The van der Waals surface area contributed by atoms with Gasteiger partial charge in [-0.2, -0.15) is 0 Å². The van der Waals surface area contributed by atoms with Gasteiger partial charge in [0.25, 0.3) is 0 Å². The van der Waals surface area contributed by atoms with Crippen molar-refractivity contribution < 1.29 is 21.8 Å². The summed E-state index contributed by atoms with van der Waals surface area (Å²) in [6, 6.07) is 7.86. The number of hydrogen-bond acceptors (Lipinski definition) is 3. The second-order valence-corrected chi connectivity index (χ2v) is 6.83. The first-order valence-electron chi connectivity index (χ1n) is 4.60. The zero-order valence-electron chi connectivity index (χ0n) is 9.07. The van der Waals surface area contributed by atoms with Crippen LogP contribution in [0.3, 0.4) is 0 Å². The number of halogens is 1. The molecular weight excluding hydrogens is 306 g/mol. The summed E-state index contributed by atoms with van der Waals surface area (Å²) in [4.78, 5) is 16.1. The standard InChI is InChI=1S/C11H12NOS2.BrH/c1-15(2)7-9(13)11-12-8-5-3-4-6-10(8)14-11;/h3-6H,7H2,1-2H3;1H/q+1;/p-1. The molecule has 0 spiro atoms. The van der Waals surface area contributed by atoms with Crippen LogP contribution in [0, 0.1) is 0 Å². The highest BCUT2D eigenvalue weighted by Gasteiger charge is 2.17. The van der Waals surface area contributed by atoms with Crippen LogP contribution >= 0.6 is 11.3 Å². The number of Topliss-reactive ketones (excluding diaryl/α,β-unsaturated/α-hetero) is 1. The Kier molecular flexibility index (Phi) is 4.95. The third-order valence-electron chi connectivity index (χ3n) is 1.95. The molecule has 0 N–H and O–H groups in total. The van der Waals surface area contributed by atoms with Crippen LogP contribution in [0.2, 0.25) is 0 Å². The number of thiazole rings is 1. The van der Waals surface area contributed by atoms with E-state index < -0.39 is 0 Å². The molecule has 0 amide bonds. The molecule has 0 unspecified atom stereocenters. The van der Waals surface area contributed by atoms with E-state index in [1.54, 1.807) is 0 Å². The van der Waals surface area contributed by atoms with Gasteiger partial charge in [0.1, 0.15) is 0 Å². The first-order chi connectivity index (χ1) is 7.16. The minimum absolute atomic E-state index is 0. The number of rotatable bonds is 3. The van der Waals surface area contributed by atoms with Gasteiger partial charge in [0.05, 0.1) is 22.7 Å². The topological polar surface area (TPSA) is 30.0 Å². The Morgan fingerprint density at radius 2 is 2.06 bits per heavy atom. The van der Waals surface area contributed by atoms with E-state index in [1.807, 2.05) is 24.3 Å². The van der Waals surface area contributed by atoms with E-state index in [1.165, 1.54) is 11.3 Å². The van der Waals surface area contributed by atoms with Crippen LogP contribution in [-0.2, 0) is 10.9 Å². The number of ketones is 1. The Morgan fingerprint density at radius 3 is 2.69 bits per heavy atom. The van der Waals surface area contributed by atoms with Crippen molar-refractivity contribution in [1.29, 1.82) is 0 Å². The SMILES string of the molecule is C[S+](C)CC(=O)c1nc2ccccc2s1.[Br-]. The number of para-hydroxylation sites is 1. The molecule has 0 saturated carbocycles. The summed E-state index contributed by atoms with van der Waals surface area (Å²) in [5.74, 6) is 0.782. The van der Waals surface area contributed by atoms with Crippen molar-refractivity contribution in [2.75, 3.05) is 18.3 Å². The van der Waals surface area contributed by atoms with Gasteiger partial charge >= 0.3 is 0 Å². The lowest BCUT2D eigenvalue weighted by Gasteiger charge is -1.92. The Labute approximate surface area is 112 Å². The fourth-order valence-electron chi connectivity index (χ4n) is 1.32. The Hall–Kier alpha value is -0.390. The number of hydrogen-bond donors (Lipinski definition) is 0. The summed E-state index contributed by atoms with van der Waals surface area (Å²) in [5.41, 5.74) is 0.929. The van der Waals surface area contributed by atoms with Crippen molar-refractivity contribution in [3.8, 4) is 0 Å². The van der Waals surface area contributed by atoms with E-state index in [0.29, 0.717) is 10.8 Å². The molecule has 2 aromatic rings. The number of nitrogens with zero attached hydrogens (tertiary/aromatic N) is 1. The van der Waals surface area contributed by atoms with Crippen molar-refractivity contribution in [1.82, 2.24) is 4.98 Å². The molecule has 0 atom stereocenters. The molecule has 2 nitrogen and oxygen atoms in total. The van der Waals surface area contributed by atoms with Crippen LogP contribution < -0.4 is 17.0 Å². The van der Waals surface area contributed by atoms with Gasteiger partial charge in [0, 0.05) is 0 Å². The van der Waals surface area contributed by atoms with Gasteiger partial charge in [-0.15, -0.1) is 11.3 Å². The van der Waals surface area contributed by atoms with E-state index in [0.717, 1.165) is 10.2 Å². The third kappa shape index (κ3) is 3.06. The number of aromatic nitrogens is 1. The average Bonchev–Trinajstić information content (AvgIpc) is 2.59. The average molecular weight is 318 g/mol. The molecule has 1 aromatic carbocycles. The van der Waals surface area contributed by atoms with E-state index >= 15 is 0 Å². The molecule has 86 valence electrons. The van der Waals surface area contributed by atoms with Gasteiger partial charge < -0.3 is 17.0 Å². The van der Waals surface area contributed by atoms with Gasteiger partial charge in [0.15, 0.2) is 10.8 Å². The molecule has 0 saturated heterocycles. The van der Waals surface area contributed by atoms with E-state index in [4.69, 9.17) is 0 Å². The second kappa shape index (κ2) is 5.80. The maximum atomic E-state index is 11.8. The van der Waals surface area contributed by atoms with E-state index in [2.05, 4.69) is 17.5 Å². The second-order valence-electron chi connectivity index (χ2n) is 3.54. The number of carbonyl (C=O) groups is 1. The number of carbonyl (C=O) groups excluding carboxylic acids is 1. The van der Waals surface area contributed by atoms with Crippen LogP contribution in [0.5, 0.6) is 0 Å². The summed E-state index contributed by atoms with van der Waals surface area (Å²) in [5, 5.41) is 0.650. The summed E-state index contributed by atoms with van der Waals surface area (Å²) in [6.07, 6.45) is 4.15. The lowest BCUT2D eigenvalue weighted by Crippen LogP contribution is -3.00. The van der Waals surface area contributed by atoms with Crippen LogP contribution in [0.15, 0.2) is 24.3 Å². The zero-order valence-corrected chi connectivity index (χ0v) is 12.3. The number of benzene rings is 1. The van der Waals surface area contributed by atoms with Crippen molar-refractivity contribution in [2.45, 2.75) is 0 Å². The molecule has 1 heterocycles. The smallest absolute Gasteiger partial charge is 0.240 e. The fourth-order valence-corrected chi connectivity index (χ4v) is 2.97. The molecule has 0 radical (unpaired) electrons. The van der Waals surface area contributed by atoms with Crippen LogP contribution in [-0.4, -0.2) is 29.0 Å². The maximum absolute atomic E-state index is 11.8. The van der Waals surface area contributed by atoms with Gasteiger partial charge in [-0.3, -0.25) is 4.79 Å². The molecule has 0 bridgehead atoms. The van der Waals surface area contributed by atoms with Gasteiger partial charge in [-0.25, -0.2) is 4.98 Å². The van der Waals surface area contributed by atoms with Crippen molar-refractivity contribution in [3.63, 3.8) is 0 Å². The predicted molar refractivity (Wildman–Crippen MR) is 68.0 cm³/mol. The van der Waals surface area contributed by atoms with Crippen molar-refractivity contribution >= 4 is 38.2 Å². The molecule has 0 aliphatic rings. The van der Waals surface area contributed by atoms with Crippen LogP contribution in [0.25, 0.3) is 10.2 Å². The fraction of sp³-hybridized carbons (Fsp3) is 0.273. The van der Waals surface area contributed by atoms with Crippen molar-refractivity contribution in [2.24, 2.45) is 0 Å². The largest absolute Gasteiger partial charge is 1.00 e. The summed E-state index contributed by atoms with van der Waals surface area (Å²) in [7, 11) is 0.149. The summed E-state index contributed by atoms with van der Waals surface area (Å²) < 4.78 is 1.09. The molecular formula is C11H12BrNOS2. The molecule has 16 heavy (non-hydrogen) atoms. The zero-order chi connectivity index (χ0) is 10.8. The van der Waals surface area contributed by atoms with E-state index in [-0.39, 0.29) is 33.7 Å². The molecule has 0 aliphatic carbocycles. The normalized spacial score (nSPS) is 10.4. The highest BCUT2D eigenvalue weighted by molar-refractivity contribution is 7.96. The molecule has 0 fully saturated rings. The Morgan fingerprint density at radius 1 is 1.38 bits per heavy atom. The minimum atomic E-state index is 0. The Balaban J connectivity index is 0.00000128. The lowest BCUT2D eigenvalue weighted by molar-refractivity contribution is -0.0000109. The maximum Gasteiger partial charge on any atom is 0.240 e. The van der Waals surface area contributed by atoms with Crippen LogP contribution in [0.1, 0.15) is 9.80 Å². The third-order valence-corrected chi connectivity index (χ3v) is 3.87. The van der Waals surface area contributed by atoms with Crippen molar-refractivity contribution in [3.05, 3.63) is 29.3 Å². The van der Waals surface area contributed by atoms with Gasteiger partial charge in [-0.05, 0) is 23.0 Å². The summed E-state index contributed by atoms with van der Waals surface area (Å²) in [6.45, 7) is 0. The highest BCUT2D eigenvalue weighted by Crippen LogP contribution is 2.21. The Bertz CT molecular complexity index is 462. The molecule has 2 rings (SSSR count). The predicted octanol–water partition coefficient (Wildman–Crippen LogP) is -0.639. The monoisotopic (exact) mass is 317 g/mol. The van der Waals surface area contributed by atoms with Gasteiger partial charge in [0.2, 0.25) is 5.78 Å². The molecule has 5 heteroatoms. The molecule has 0 aliphatic heterocycles. The first kappa shape index (κ1) is 13.7. The highest BCUT2D eigenvalue weighted by atomic mass is 79.9. The quantitative estimate of drug-likeness (QED) is 0.557. The minimum Gasteiger partial charge on any atom is -1.00 e. The lowest BCUT2D eigenvalue weighted by atomic mass is 10.3. The van der Waals surface area contributed by atoms with Gasteiger partial charge in [-0.1, -0.05) is 12.1 Å². The first-order valence-corrected chi connectivity index (χ1v) is 7.62. The summed E-state index contributed by atoms with van der Waals surface area (Å²) >= 11 is 1.49. The molecule has 1 aromatic heterocycles. The number of fused-ring (bicyclic) bond motifs is 1. The van der Waals surface area contributed by atoms with Crippen LogP contribution in [0.4, 0.5) is 0 Å². The van der Waals surface area contributed by atoms with E-state index in [9.17, 15) is 4.79 Å².